The van der Waals surface area contributed by atoms with E-state index in [1.54, 1.807) is 11.8 Å². The van der Waals surface area contributed by atoms with Gasteiger partial charge in [0.2, 0.25) is 0 Å². The lowest BCUT2D eigenvalue weighted by molar-refractivity contribution is 0.410. The number of nitrogens with zero attached hydrogens (tertiary/aromatic N) is 1. The molecule has 0 saturated heterocycles. The highest BCUT2D eigenvalue weighted by atomic mass is 32.2. The molecule has 1 aromatic rings. The van der Waals surface area contributed by atoms with Crippen molar-refractivity contribution in [3.8, 4) is 0 Å². The van der Waals surface area contributed by atoms with Crippen molar-refractivity contribution >= 4 is 17.8 Å². The van der Waals surface area contributed by atoms with Gasteiger partial charge in [-0.05, 0) is 11.5 Å². The van der Waals surface area contributed by atoms with Crippen molar-refractivity contribution in [2.24, 2.45) is 0 Å². The molecule has 1 aromatic heterocycles. The van der Waals surface area contributed by atoms with Crippen molar-refractivity contribution in [3.05, 3.63) is 22.9 Å². The van der Waals surface area contributed by atoms with Crippen LogP contribution in [0.4, 0.5) is 0 Å². The fraction of sp³-hybridized carbons (Fsp3) is 0.167. The Bertz CT molecular complexity index is 241. The minimum atomic E-state index is 0.855. The highest BCUT2D eigenvalue weighted by Gasteiger charge is 2.07. The molecule has 0 aromatic carbocycles. The Hall–Kier alpha value is -0.700. The van der Waals surface area contributed by atoms with Crippen LogP contribution in [0.3, 0.4) is 0 Å². The minimum Gasteiger partial charge on any atom is -0.356 e. The second-order valence-corrected chi connectivity index (χ2v) is 2.65. The Morgan fingerprint density at radius 1 is 1.78 bits per heavy atom. The molecule has 0 fully saturated rings. The number of aromatic nitrogens is 1. The van der Waals surface area contributed by atoms with Crippen LogP contribution in [0.5, 0.6) is 0 Å². The van der Waals surface area contributed by atoms with Gasteiger partial charge in [-0.1, -0.05) is 5.16 Å². The minimum absolute atomic E-state index is 0.855. The van der Waals surface area contributed by atoms with Gasteiger partial charge < -0.3 is 4.52 Å². The number of hydrogen-bond donors (Lipinski definition) is 0. The molecule has 0 unspecified atom stereocenters. The van der Waals surface area contributed by atoms with Gasteiger partial charge in [-0.15, -0.1) is 11.8 Å². The van der Waals surface area contributed by atoms with E-state index in [4.69, 9.17) is 4.52 Å². The Morgan fingerprint density at radius 3 is 3.67 bits per heavy atom. The zero-order valence-electron chi connectivity index (χ0n) is 4.63. The van der Waals surface area contributed by atoms with Gasteiger partial charge in [-0.3, -0.25) is 0 Å². The summed E-state index contributed by atoms with van der Waals surface area (Å²) in [6, 6.07) is 0. The standard InChI is InChI=1S/C6H4NOS/c1-2-9-4-5-3-7-8-6(1)5/h1-2H,4H2. The van der Waals surface area contributed by atoms with Crippen LogP contribution in [-0.4, -0.2) is 5.16 Å². The zero-order chi connectivity index (χ0) is 6.10. The van der Waals surface area contributed by atoms with E-state index in [2.05, 4.69) is 11.4 Å². The molecule has 2 nitrogen and oxygen atoms in total. The Balaban J connectivity index is 2.53. The maximum absolute atomic E-state index is 4.85. The van der Waals surface area contributed by atoms with Gasteiger partial charge in [0.15, 0.2) is 5.76 Å². The van der Waals surface area contributed by atoms with Gasteiger partial charge >= 0.3 is 0 Å². The first-order valence-corrected chi connectivity index (χ1v) is 3.66. The first kappa shape index (κ1) is 5.11. The van der Waals surface area contributed by atoms with Crippen LogP contribution in [0.15, 0.2) is 9.93 Å². The Morgan fingerprint density at radius 2 is 2.78 bits per heavy atom. The molecule has 1 aliphatic rings. The van der Waals surface area contributed by atoms with Crippen LogP contribution in [0.2, 0.25) is 0 Å². The summed E-state index contributed by atoms with van der Waals surface area (Å²) in [6.07, 6.45) is 4.68. The summed E-state index contributed by atoms with van der Waals surface area (Å²) in [4.78, 5) is 0. The zero-order valence-corrected chi connectivity index (χ0v) is 5.44. The second kappa shape index (κ2) is 1.92. The summed E-state index contributed by atoms with van der Waals surface area (Å²) in [5, 5.41) is 5.54. The van der Waals surface area contributed by atoms with Crippen molar-refractivity contribution in [1.82, 2.24) is 5.16 Å². The molecular formula is C6H4NOS. The molecule has 0 amide bonds. The SMILES string of the molecule is [c]1noc2c1CSC=C2. The van der Waals surface area contributed by atoms with Gasteiger partial charge in [0.25, 0.3) is 0 Å². The number of hydrogen-bond acceptors (Lipinski definition) is 3. The van der Waals surface area contributed by atoms with E-state index in [1.807, 2.05) is 11.5 Å². The van der Waals surface area contributed by atoms with Crippen LogP contribution in [0.1, 0.15) is 11.3 Å². The quantitative estimate of drug-likeness (QED) is 0.545. The average molecular weight is 138 g/mol. The Kier molecular flexibility index (Phi) is 1.09. The van der Waals surface area contributed by atoms with Crippen molar-refractivity contribution in [1.29, 1.82) is 0 Å². The lowest BCUT2D eigenvalue weighted by atomic mass is 10.3. The fourth-order valence-electron chi connectivity index (χ4n) is 0.713. The molecule has 0 aliphatic carbocycles. The lowest BCUT2D eigenvalue weighted by Crippen LogP contribution is -1.81. The maximum Gasteiger partial charge on any atom is 0.164 e. The van der Waals surface area contributed by atoms with Gasteiger partial charge in [0.1, 0.15) is 6.20 Å². The lowest BCUT2D eigenvalue weighted by Gasteiger charge is -1.97. The largest absolute Gasteiger partial charge is 0.356 e. The van der Waals surface area contributed by atoms with Crippen LogP contribution < -0.4 is 0 Å². The molecule has 1 radical (unpaired) electrons. The average Bonchev–Trinajstić information content (AvgIpc) is 2.33. The highest BCUT2D eigenvalue weighted by molar-refractivity contribution is 8.01. The molecule has 2 rings (SSSR count). The second-order valence-electron chi connectivity index (χ2n) is 1.75. The highest BCUT2D eigenvalue weighted by Crippen LogP contribution is 2.23. The molecule has 1 aliphatic heterocycles. The number of thioether (sulfide) groups is 1. The summed E-state index contributed by atoms with van der Waals surface area (Å²) in [5.41, 5.74) is 1.07. The van der Waals surface area contributed by atoms with Gasteiger partial charge in [-0.25, -0.2) is 0 Å². The van der Waals surface area contributed by atoms with E-state index in [1.165, 1.54) is 0 Å². The van der Waals surface area contributed by atoms with E-state index in [9.17, 15) is 0 Å². The van der Waals surface area contributed by atoms with E-state index in [0.29, 0.717) is 0 Å². The summed E-state index contributed by atoms with van der Waals surface area (Å²) < 4.78 is 4.85. The van der Waals surface area contributed by atoms with Crippen LogP contribution in [-0.2, 0) is 5.75 Å². The third kappa shape index (κ3) is 0.772. The smallest absolute Gasteiger partial charge is 0.164 e. The van der Waals surface area contributed by atoms with Gasteiger partial charge in [0, 0.05) is 11.3 Å². The van der Waals surface area contributed by atoms with Crippen LogP contribution in [0.25, 0.3) is 6.08 Å². The third-order valence-corrected chi connectivity index (χ3v) is 1.95. The summed E-state index contributed by atoms with van der Waals surface area (Å²) in [5.74, 6) is 1.80. The molecule has 3 heteroatoms. The molecule has 9 heavy (non-hydrogen) atoms. The van der Waals surface area contributed by atoms with Crippen molar-refractivity contribution < 1.29 is 4.52 Å². The summed E-state index contributed by atoms with van der Waals surface area (Å²) in [6.45, 7) is 0. The van der Waals surface area contributed by atoms with Crippen molar-refractivity contribution in [3.63, 3.8) is 0 Å². The molecule has 0 saturated carbocycles. The van der Waals surface area contributed by atoms with Crippen molar-refractivity contribution in [2.45, 2.75) is 5.75 Å². The topological polar surface area (TPSA) is 26.0 Å². The van der Waals surface area contributed by atoms with E-state index < -0.39 is 0 Å². The summed E-state index contributed by atoms with van der Waals surface area (Å²) in [7, 11) is 0. The molecule has 45 valence electrons. The maximum atomic E-state index is 4.85. The monoisotopic (exact) mass is 138 g/mol. The first-order valence-electron chi connectivity index (χ1n) is 2.61. The molecule has 0 N–H and O–H groups in total. The molecule has 0 bridgehead atoms. The third-order valence-electron chi connectivity index (χ3n) is 1.17. The fourth-order valence-corrected chi connectivity index (χ4v) is 1.40. The molecule has 0 atom stereocenters. The predicted octanol–water partition coefficient (Wildman–Crippen LogP) is 1.69. The molecule has 2 heterocycles. The van der Waals surface area contributed by atoms with Crippen LogP contribution in [0, 0.1) is 6.20 Å². The number of fused-ring (bicyclic) bond motifs is 1. The van der Waals surface area contributed by atoms with Gasteiger partial charge in [-0.2, -0.15) is 0 Å². The number of rotatable bonds is 0. The van der Waals surface area contributed by atoms with Crippen LogP contribution >= 0.6 is 11.8 Å². The van der Waals surface area contributed by atoms with E-state index in [-0.39, 0.29) is 0 Å². The molecular weight excluding hydrogens is 134 g/mol. The van der Waals surface area contributed by atoms with E-state index >= 15 is 0 Å². The van der Waals surface area contributed by atoms with Gasteiger partial charge in [0.05, 0.1) is 0 Å². The normalized spacial score (nSPS) is 15.6. The van der Waals surface area contributed by atoms with Crippen molar-refractivity contribution in [2.75, 3.05) is 0 Å². The predicted molar refractivity (Wildman–Crippen MR) is 35.7 cm³/mol. The van der Waals surface area contributed by atoms with E-state index in [0.717, 1.165) is 17.1 Å². The Labute approximate surface area is 56.9 Å². The molecule has 0 spiro atoms. The summed E-state index contributed by atoms with van der Waals surface area (Å²) >= 11 is 1.73. The first-order chi connectivity index (χ1) is 4.47.